The summed E-state index contributed by atoms with van der Waals surface area (Å²) < 4.78 is 36.1. The van der Waals surface area contributed by atoms with E-state index >= 15 is 4.39 Å². The summed E-state index contributed by atoms with van der Waals surface area (Å²) in [4.78, 5) is 12.2. The Morgan fingerprint density at radius 1 is 1.09 bits per heavy atom. The van der Waals surface area contributed by atoms with Crippen LogP contribution in [0.3, 0.4) is 0 Å². The molecule has 1 unspecified atom stereocenters. The molecule has 1 aliphatic rings. The Hall–Kier alpha value is -2.96. The summed E-state index contributed by atoms with van der Waals surface area (Å²) in [5.74, 6) is -3.28. The van der Waals surface area contributed by atoms with Gasteiger partial charge in [0.2, 0.25) is 5.67 Å². The number of ether oxygens (including phenoxy) is 1. The van der Waals surface area contributed by atoms with Gasteiger partial charge < -0.3 is 14.9 Å². The number of aliphatic carboxylic acids is 1. The maximum atomic E-state index is 16.3. The molecule has 0 aliphatic heterocycles. The Morgan fingerprint density at radius 2 is 1.76 bits per heavy atom. The van der Waals surface area contributed by atoms with Gasteiger partial charge >= 0.3 is 5.97 Å². The van der Waals surface area contributed by atoms with Crippen molar-refractivity contribution in [1.29, 1.82) is 0 Å². The van der Waals surface area contributed by atoms with Crippen molar-refractivity contribution in [3.63, 3.8) is 0 Å². The summed E-state index contributed by atoms with van der Waals surface area (Å²) in [6.45, 7) is 0. The third-order valence-corrected chi connectivity index (χ3v) is 6.24. The van der Waals surface area contributed by atoms with Crippen molar-refractivity contribution < 1.29 is 28.5 Å². The Bertz CT molecular complexity index is 1120. The van der Waals surface area contributed by atoms with Gasteiger partial charge in [0, 0.05) is 17.4 Å². The molecule has 33 heavy (non-hydrogen) atoms. The molecule has 0 aromatic heterocycles. The summed E-state index contributed by atoms with van der Waals surface area (Å²) in [5, 5.41) is 21.2. The highest BCUT2D eigenvalue weighted by Gasteiger charge is 2.57. The monoisotopic (exact) mass is 472 g/mol. The number of aliphatic hydroxyl groups is 1. The van der Waals surface area contributed by atoms with Gasteiger partial charge in [-0.25, -0.2) is 13.6 Å². The average molecular weight is 473 g/mol. The Kier molecular flexibility index (Phi) is 6.68. The van der Waals surface area contributed by atoms with Crippen molar-refractivity contribution >= 4 is 17.6 Å². The fourth-order valence-corrected chi connectivity index (χ4v) is 4.31. The molecule has 3 aromatic rings. The highest BCUT2D eigenvalue weighted by atomic mass is 35.5. The van der Waals surface area contributed by atoms with Crippen LogP contribution in [-0.4, -0.2) is 28.0 Å². The number of carboxylic acids is 1. The van der Waals surface area contributed by atoms with Gasteiger partial charge in [-0.2, -0.15) is 0 Å². The quantitative estimate of drug-likeness (QED) is 0.391. The minimum absolute atomic E-state index is 0.0953. The zero-order valence-corrected chi connectivity index (χ0v) is 18.4. The zero-order valence-electron chi connectivity index (χ0n) is 17.6. The summed E-state index contributed by atoms with van der Waals surface area (Å²) >= 11 is 5.94. The van der Waals surface area contributed by atoms with E-state index in [1.807, 2.05) is 0 Å². The van der Waals surface area contributed by atoms with Crippen molar-refractivity contribution in [3.8, 4) is 11.5 Å². The number of carbonyl (C=O) groups is 1. The second-order valence-electron chi connectivity index (χ2n) is 8.34. The molecular weight excluding hydrogens is 450 g/mol. The van der Waals surface area contributed by atoms with Gasteiger partial charge in [0.05, 0.1) is 0 Å². The average Bonchev–Trinajstić information content (AvgIpc) is 3.63. The van der Waals surface area contributed by atoms with Crippen LogP contribution >= 0.6 is 11.6 Å². The smallest absolute Gasteiger partial charge is 0.344 e. The summed E-state index contributed by atoms with van der Waals surface area (Å²) in [7, 11) is 0. The van der Waals surface area contributed by atoms with Crippen LogP contribution in [0, 0.1) is 11.7 Å². The fourth-order valence-electron chi connectivity index (χ4n) is 4.18. The van der Waals surface area contributed by atoms with Crippen molar-refractivity contribution in [2.45, 2.75) is 37.0 Å². The normalized spacial score (nSPS) is 17.1. The first-order valence-electron chi connectivity index (χ1n) is 10.7. The van der Waals surface area contributed by atoms with Gasteiger partial charge in [-0.3, -0.25) is 0 Å². The first kappa shape index (κ1) is 23.2. The topological polar surface area (TPSA) is 66.8 Å². The summed E-state index contributed by atoms with van der Waals surface area (Å²) in [5.41, 5.74) is -2.12. The third-order valence-electron chi connectivity index (χ3n) is 5.98. The van der Waals surface area contributed by atoms with Gasteiger partial charge in [-0.05, 0) is 66.3 Å². The lowest BCUT2D eigenvalue weighted by Crippen LogP contribution is -2.52. The molecule has 0 bridgehead atoms. The lowest BCUT2D eigenvalue weighted by molar-refractivity contribution is -0.163. The van der Waals surface area contributed by atoms with E-state index < -0.39 is 29.5 Å². The molecule has 0 saturated heterocycles. The molecule has 1 fully saturated rings. The van der Waals surface area contributed by atoms with Crippen molar-refractivity contribution in [2.75, 3.05) is 0 Å². The lowest BCUT2D eigenvalue weighted by atomic mass is 9.75. The predicted molar refractivity (Wildman–Crippen MR) is 121 cm³/mol. The molecule has 0 spiro atoms. The van der Waals surface area contributed by atoms with E-state index in [0.717, 1.165) is 6.07 Å². The van der Waals surface area contributed by atoms with Crippen LogP contribution in [0.15, 0.2) is 72.8 Å². The maximum Gasteiger partial charge on any atom is 0.344 e. The van der Waals surface area contributed by atoms with Crippen LogP contribution in [0.2, 0.25) is 5.02 Å². The van der Waals surface area contributed by atoms with Crippen molar-refractivity contribution in [2.24, 2.45) is 5.92 Å². The van der Waals surface area contributed by atoms with Crippen LogP contribution in [0.4, 0.5) is 8.78 Å². The molecule has 3 atom stereocenters. The van der Waals surface area contributed by atoms with Gasteiger partial charge in [0.1, 0.15) is 11.9 Å². The lowest BCUT2D eigenvalue weighted by Gasteiger charge is -2.35. The minimum atomic E-state index is -2.94. The third kappa shape index (κ3) is 5.02. The zero-order chi connectivity index (χ0) is 23.6. The molecule has 1 saturated carbocycles. The van der Waals surface area contributed by atoms with Gasteiger partial charge in [0.15, 0.2) is 11.6 Å². The molecule has 172 valence electrons. The van der Waals surface area contributed by atoms with Gasteiger partial charge in [-0.15, -0.1) is 0 Å². The minimum Gasteiger partial charge on any atom is -0.479 e. The predicted octanol–water partition coefficient (Wildman–Crippen LogP) is 6.16. The van der Waals surface area contributed by atoms with E-state index in [1.54, 1.807) is 54.6 Å². The standard InChI is InChI=1S/C26H23ClF2O4/c27-19-11-9-18(10-12-19)24(17-7-8-17)26(29,25(31)32)23(30)15-16-6-13-21(28)22(14-16)33-20-4-2-1-3-5-20/h1-6,9-14,17,23-24,30H,7-8,15H2,(H,31,32)/t23-,24?,26-/m1/s1. The van der Waals surface area contributed by atoms with Crippen LogP contribution in [0.25, 0.3) is 0 Å². The second kappa shape index (κ2) is 9.49. The number of carboxylic acid groups (broad SMARTS) is 1. The number of hydrogen-bond acceptors (Lipinski definition) is 3. The molecule has 7 heteroatoms. The first-order valence-corrected chi connectivity index (χ1v) is 11.0. The summed E-state index contributed by atoms with van der Waals surface area (Å²) in [6.07, 6.45) is -0.855. The maximum absolute atomic E-state index is 16.3. The largest absolute Gasteiger partial charge is 0.479 e. The number of alkyl halides is 1. The van der Waals surface area contributed by atoms with Gasteiger partial charge in [0.25, 0.3) is 0 Å². The molecule has 2 N–H and O–H groups in total. The molecule has 4 rings (SSSR count). The van der Waals surface area contributed by atoms with Crippen LogP contribution < -0.4 is 4.74 Å². The molecule has 4 nitrogen and oxygen atoms in total. The first-order chi connectivity index (χ1) is 15.8. The van der Waals surface area contributed by atoms with Crippen LogP contribution in [0.1, 0.15) is 29.9 Å². The Balaban J connectivity index is 1.62. The number of aliphatic hydroxyl groups excluding tert-OH is 1. The van der Waals surface area contributed by atoms with E-state index in [2.05, 4.69) is 0 Å². The second-order valence-corrected chi connectivity index (χ2v) is 8.78. The van der Waals surface area contributed by atoms with E-state index in [9.17, 15) is 19.4 Å². The molecule has 0 amide bonds. The number of benzene rings is 3. The molecule has 1 aliphatic carbocycles. The molecular formula is C26H23ClF2O4. The molecule has 3 aromatic carbocycles. The SMILES string of the molecule is O=C(O)[C@](F)(C(c1ccc(Cl)cc1)C1CC1)[C@H](O)Cc1ccc(F)c(Oc2ccccc2)c1. The van der Waals surface area contributed by atoms with E-state index in [0.29, 0.717) is 34.7 Å². The number of halogens is 3. The van der Waals surface area contributed by atoms with Crippen LogP contribution in [0.5, 0.6) is 11.5 Å². The van der Waals surface area contributed by atoms with Crippen molar-refractivity contribution in [1.82, 2.24) is 0 Å². The Morgan fingerprint density at radius 3 is 2.36 bits per heavy atom. The van der Waals surface area contributed by atoms with Crippen LogP contribution in [-0.2, 0) is 11.2 Å². The van der Waals surface area contributed by atoms with Gasteiger partial charge in [-0.1, -0.05) is 48.0 Å². The van der Waals surface area contributed by atoms with Crippen molar-refractivity contribution in [3.05, 3.63) is 94.8 Å². The molecule has 0 radical (unpaired) electrons. The fraction of sp³-hybridized carbons (Fsp3) is 0.269. The number of rotatable bonds is 9. The highest BCUT2D eigenvalue weighted by molar-refractivity contribution is 6.30. The highest BCUT2D eigenvalue weighted by Crippen LogP contribution is 2.51. The Labute approximate surface area is 195 Å². The summed E-state index contributed by atoms with van der Waals surface area (Å²) in [6, 6.07) is 18.8. The van der Waals surface area contributed by atoms with E-state index in [4.69, 9.17) is 16.3 Å². The number of hydrogen-bond donors (Lipinski definition) is 2. The molecule has 0 heterocycles. The van der Waals surface area contributed by atoms with E-state index in [-0.39, 0.29) is 18.1 Å². The number of para-hydroxylation sites is 1. The van der Waals surface area contributed by atoms with E-state index in [1.165, 1.54) is 12.1 Å².